The van der Waals surface area contributed by atoms with Gasteiger partial charge < -0.3 is 10.6 Å². The van der Waals surface area contributed by atoms with E-state index in [1.54, 1.807) is 0 Å². The van der Waals surface area contributed by atoms with E-state index in [4.69, 9.17) is 5.73 Å². The molecule has 0 aromatic heterocycles. The third-order valence-corrected chi connectivity index (χ3v) is 5.25. The van der Waals surface area contributed by atoms with Crippen molar-refractivity contribution in [1.29, 1.82) is 0 Å². The Balaban J connectivity index is 1.89. The summed E-state index contributed by atoms with van der Waals surface area (Å²) in [6, 6.07) is 9.61. The van der Waals surface area contributed by atoms with Crippen molar-refractivity contribution in [2.45, 2.75) is 52.0 Å². The molecule has 0 aliphatic carbocycles. The summed E-state index contributed by atoms with van der Waals surface area (Å²) in [5, 5.41) is 0. The molecule has 1 atom stereocenters. The lowest BCUT2D eigenvalue weighted by molar-refractivity contribution is -0.135. The van der Waals surface area contributed by atoms with Crippen LogP contribution < -0.4 is 5.73 Å². The molecule has 116 valence electrons. The van der Waals surface area contributed by atoms with E-state index in [-0.39, 0.29) is 5.91 Å². The second-order valence-electron chi connectivity index (χ2n) is 6.33. The zero-order valence-corrected chi connectivity index (χ0v) is 13.3. The predicted octanol–water partition coefficient (Wildman–Crippen LogP) is 2.99. The minimum absolute atomic E-state index is 0.111. The molecule has 1 aliphatic rings. The Morgan fingerprint density at radius 3 is 2.29 bits per heavy atom. The fraction of sp³-hybridized carbons (Fsp3) is 0.611. The van der Waals surface area contributed by atoms with Crippen molar-refractivity contribution < 1.29 is 4.79 Å². The Morgan fingerprint density at radius 1 is 1.19 bits per heavy atom. The lowest BCUT2D eigenvalue weighted by Crippen LogP contribution is -2.49. The first-order valence-corrected chi connectivity index (χ1v) is 8.18. The highest BCUT2D eigenvalue weighted by molar-refractivity contribution is 5.82. The molecule has 1 aromatic rings. The molecule has 0 radical (unpaired) electrons. The van der Waals surface area contributed by atoms with Gasteiger partial charge >= 0.3 is 0 Å². The van der Waals surface area contributed by atoms with Crippen LogP contribution >= 0.6 is 0 Å². The summed E-state index contributed by atoms with van der Waals surface area (Å²) in [6.07, 6.45) is 5.28. The fourth-order valence-electron chi connectivity index (χ4n) is 3.35. The monoisotopic (exact) mass is 288 g/mol. The molecular formula is C18H28N2O. The topological polar surface area (TPSA) is 46.3 Å². The third-order valence-electron chi connectivity index (χ3n) is 5.25. The number of benzene rings is 1. The summed E-state index contributed by atoms with van der Waals surface area (Å²) in [4.78, 5) is 14.5. The van der Waals surface area contributed by atoms with Crippen LogP contribution in [0.15, 0.2) is 30.3 Å². The van der Waals surface area contributed by atoms with Gasteiger partial charge in [-0.2, -0.15) is 0 Å². The largest absolute Gasteiger partial charge is 0.341 e. The van der Waals surface area contributed by atoms with Crippen LogP contribution in [0.4, 0.5) is 0 Å². The summed E-state index contributed by atoms with van der Waals surface area (Å²) in [5.74, 6) is 0.111. The summed E-state index contributed by atoms with van der Waals surface area (Å²) in [6.45, 7) is 6.26. The SMILES string of the molecule is CCC1(CC)CCN(C(=O)[C@@H](N)Cc2ccccc2)CC1. The number of hydrogen-bond donors (Lipinski definition) is 1. The highest BCUT2D eigenvalue weighted by Gasteiger charge is 2.34. The summed E-state index contributed by atoms with van der Waals surface area (Å²) < 4.78 is 0. The average molecular weight is 288 g/mol. The van der Waals surface area contributed by atoms with E-state index < -0.39 is 6.04 Å². The molecule has 2 rings (SSSR count). The summed E-state index contributed by atoms with van der Waals surface area (Å²) >= 11 is 0. The van der Waals surface area contributed by atoms with E-state index in [2.05, 4.69) is 13.8 Å². The van der Waals surface area contributed by atoms with Gasteiger partial charge in [0.2, 0.25) is 5.91 Å². The van der Waals surface area contributed by atoms with Gasteiger partial charge in [0.15, 0.2) is 0 Å². The van der Waals surface area contributed by atoms with Crippen molar-refractivity contribution in [3.05, 3.63) is 35.9 Å². The Labute approximate surface area is 128 Å². The van der Waals surface area contributed by atoms with E-state index in [0.29, 0.717) is 11.8 Å². The highest BCUT2D eigenvalue weighted by Crippen LogP contribution is 2.37. The minimum atomic E-state index is -0.414. The van der Waals surface area contributed by atoms with E-state index >= 15 is 0 Å². The van der Waals surface area contributed by atoms with Crippen LogP contribution in [0, 0.1) is 5.41 Å². The van der Waals surface area contributed by atoms with Crippen LogP contribution in [-0.4, -0.2) is 29.9 Å². The van der Waals surface area contributed by atoms with Crippen molar-refractivity contribution in [2.24, 2.45) is 11.1 Å². The smallest absolute Gasteiger partial charge is 0.239 e. The Kier molecular flexibility index (Phi) is 5.40. The quantitative estimate of drug-likeness (QED) is 0.905. The van der Waals surface area contributed by atoms with Gasteiger partial charge in [-0.25, -0.2) is 0 Å². The lowest BCUT2D eigenvalue weighted by atomic mass is 9.74. The molecule has 0 bridgehead atoms. The van der Waals surface area contributed by atoms with Gasteiger partial charge in [-0.05, 0) is 30.2 Å². The maximum atomic E-state index is 12.5. The molecule has 1 heterocycles. The second kappa shape index (κ2) is 7.08. The van der Waals surface area contributed by atoms with E-state index in [9.17, 15) is 4.79 Å². The second-order valence-corrected chi connectivity index (χ2v) is 6.33. The summed E-state index contributed by atoms with van der Waals surface area (Å²) in [7, 11) is 0. The number of nitrogens with two attached hydrogens (primary N) is 1. The van der Waals surface area contributed by atoms with Gasteiger partial charge in [-0.15, -0.1) is 0 Å². The number of nitrogens with zero attached hydrogens (tertiary/aromatic N) is 1. The zero-order chi connectivity index (χ0) is 15.3. The number of piperidine rings is 1. The number of carbonyl (C=O) groups excluding carboxylic acids is 1. The van der Waals surface area contributed by atoms with Crippen LogP contribution in [0.1, 0.15) is 45.1 Å². The Hall–Kier alpha value is -1.35. The molecule has 3 nitrogen and oxygen atoms in total. The van der Waals surface area contributed by atoms with Crippen LogP contribution in [0.2, 0.25) is 0 Å². The molecule has 1 fully saturated rings. The third kappa shape index (κ3) is 3.85. The molecular weight excluding hydrogens is 260 g/mol. The molecule has 0 spiro atoms. The zero-order valence-electron chi connectivity index (χ0n) is 13.3. The average Bonchev–Trinajstić information content (AvgIpc) is 2.55. The van der Waals surface area contributed by atoms with Crippen LogP contribution in [0.25, 0.3) is 0 Å². The maximum Gasteiger partial charge on any atom is 0.239 e. The van der Waals surface area contributed by atoms with Gasteiger partial charge in [0.25, 0.3) is 0 Å². The number of carbonyl (C=O) groups is 1. The first-order chi connectivity index (χ1) is 10.1. The molecule has 1 aromatic carbocycles. The molecule has 21 heavy (non-hydrogen) atoms. The Morgan fingerprint density at radius 2 is 1.76 bits per heavy atom. The first kappa shape index (κ1) is 16.0. The number of likely N-dealkylation sites (tertiary alicyclic amines) is 1. The fourth-order valence-corrected chi connectivity index (χ4v) is 3.35. The van der Waals surface area contributed by atoms with E-state index in [1.807, 2.05) is 35.2 Å². The van der Waals surface area contributed by atoms with Gasteiger partial charge in [0, 0.05) is 13.1 Å². The van der Waals surface area contributed by atoms with Gasteiger partial charge in [-0.1, -0.05) is 57.0 Å². The van der Waals surface area contributed by atoms with Gasteiger partial charge in [0.05, 0.1) is 6.04 Å². The number of amides is 1. The van der Waals surface area contributed by atoms with Crippen LogP contribution in [-0.2, 0) is 11.2 Å². The predicted molar refractivity (Wildman–Crippen MR) is 87.0 cm³/mol. The molecule has 1 aliphatic heterocycles. The molecule has 1 amide bonds. The van der Waals surface area contributed by atoms with Crippen molar-refractivity contribution >= 4 is 5.91 Å². The van der Waals surface area contributed by atoms with Crippen LogP contribution in [0.3, 0.4) is 0 Å². The lowest BCUT2D eigenvalue weighted by Gasteiger charge is -2.41. The number of rotatable bonds is 5. The highest BCUT2D eigenvalue weighted by atomic mass is 16.2. The van der Waals surface area contributed by atoms with E-state index in [0.717, 1.165) is 31.5 Å². The molecule has 0 unspecified atom stereocenters. The molecule has 1 saturated heterocycles. The van der Waals surface area contributed by atoms with Crippen molar-refractivity contribution in [1.82, 2.24) is 4.90 Å². The Bertz CT molecular complexity index is 444. The van der Waals surface area contributed by atoms with Crippen molar-refractivity contribution in [3.63, 3.8) is 0 Å². The standard InChI is InChI=1S/C18H28N2O/c1-3-18(4-2)10-12-20(13-11-18)17(21)16(19)14-15-8-6-5-7-9-15/h5-9,16H,3-4,10-14,19H2,1-2H3/t16-/m0/s1. The normalized spacial score (nSPS) is 19.3. The van der Waals surface area contributed by atoms with Crippen molar-refractivity contribution in [2.75, 3.05) is 13.1 Å². The van der Waals surface area contributed by atoms with Gasteiger partial charge in [-0.3, -0.25) is 4.79 Å². The van der Waals surface area contributed by atoms with Crippen molar-refractivity contribution in [3.8, 4) is 0 Å². The first-order valence-electron chi connectivity index (χ1n) is 8.18. The van der Waals surface area contributed by atoms with Gasteiger partial charge in [0.1, 0.15) is 0 Å². The maximum absolute atomic E-state index is 12.5. The van der Waals surface area contributed by atoms with E-state index in [1.165, 1.54) is 12.8 Å². The minimum Gasteiger partial charge on any atom is -0.341 e. The van der Waals surface area contributed by atoms with Crippen LogP contribution in [0.5, 0.6) is 0 Å². The molecule has 0 saturated carbocycles. The molecule has 3 heteroatoms. The summed E-state index contributed by atoms with van der Waals surface area (Å²) in [5.41, 5.74) is 7.70. The molecule has 2 N–H and O–H groups in total. The number of hydrogen-bond acceptors (Lipinski definition) is 2.